The van der Waals surface area contributed by atoms with Crippen LogP contribution in [0.25, 0.3) is 0 Å². The highest BCUT2D eigenvalue weighted by atomic mass is 79.9. The van der Waals surface area contributed by atoms with Gasteiger partial charge in [-0.15, -0.1) is 0 Å². The van der Waals surface area contributed by atoms with Gasteiger partial charge in [-0.1, -0.05) is 23.7 Å². The Bertz CT molecular complexity index is 616. The standard InChI is InChI=1S/C11H7BrClN3O2.CH4O/c12-9-8(5-17)15-16-10(9)14-11(18)6-3-1-2-4-7(6)13;1-2/h1-5H,(H2,14,15,16,18);2H,1H3. The normalized spacial score (nSPS) is 9.40. The van der Waals surface area contributed by atoms with Crippen molar-refractivity contribution in [3.8, 4) is 0 Å². The predicted molar refractivity (Wildman–Crippen MR) is 79.2 cm³/mol. The van der Waals surface area contributed by atoms with E-state index in [-0.39, 0.29) is 11.5 Å². The molecule has 0 atom stereocenters. The van der Waals surface area contributed by atoms with Crippen molar-refractivity contribution in [3.63, 3.8) is 0 Å². The number of halogens is 2. The van der Waals surface area contributed by atoms with E-state index in [4.69, 9.17) is 16.7 Å². The molecule has 1 heterocycles. The van der Waals surface area contributed by atoms with Crippen LogP contribution in [0.5, 0.6) is 0 Å². The zero-order valence-electron chi connectivity index (χ0n) is 10.4. The van der Waals surface area contributed by atoms with E-state index in [0.717, 1.165) is 7.11 Å². The molecule has 0 spiro atoms. The Morgan fingerprint density at radius 1 is 1.45 bits per heavy atom. The molecule has 1 amide bonds. The summed E-state index contributed by atoms with van der Waals surface area (Å²) in [5, 5.41) is 16.2. The van der Waals surface area contributed by atoms with Crippen LogP contribution in [-0.2, 0) is 0 Å². The van der Waals surface area contributed by atoms with Crippen molar-refractivity contribution in [2.75, 3.05) is 12.4 Å². The molecular weight excluding hydrogens is 350 g/mol. The summed E-state index contributed by atoms with van der Waals surface area (Å²) in [5.74, 6) is -0.160. The Morgan fingerprint density at radius 3 is 2.65 bits per heavy atom. The molecule has 6 nitrogen and oxygen atoms in total. The van der Waals surface area contributed by atoms with Gasteiger partial charge in [0.1, 0.15) is 5.69 Å². The molecule has 0 radical (unpaired) electrons. The number of carbonyl (C=O) groups is 2. The maximum atomic E-state index is 11.9. The van der Waals surface area contributed by atoms with E-state index < -0.39 is 5.91 Å². The van der Waals surface area contributed by atoms with Gasteiger partial charge in [0, 0.05) is 7.11 Å². The van der Waals surface area contributed by atoms with E-state index in [1.54, 1.807) is 24.3 Å². The van der Waals surface area contributed by atoms with E-state index in [2.05, 4.69) is 31.4 Å². The fraction of sp³-hybridized carbons (Fsp3) is 0.0833. The van der Waals surface area contributed by atoms with E-state index in [1.807, 2.05) is 0 Å². The van der Waals surface area contributed by atoms with Gasteiger partial charge in [0.2, 0.25) is 0 Å². The van der Waals surface area contributed by atoms with Crippen LogP contribution in [0.2, 0.25) is 5.02 Å². The van der Waals surface area contributed by atoms with Gasteiger partial charge in [0.15, 0.2) is 12.1 Å². The number of benzene rings is 1. The topological polar surface area (TPSA) is 95.1 Å². The fourth-order valence-electron chi connectivity index (χ4n) is 1.32. The molecular formula is C12H11BrClN3O3. The lowest BCUT2D eigenvalue weighted by Crippen LogP contribution is -2.13. The second-order valence-electron chi connectivity index (χ2n) is 3.35. The van der Waals surface area contributed by atoms with Gasteiger partial charge in [-0.25, -0.2) is 0 Å². The average Bonchev–Trinajstić information content (AvgIpc) is 2.82. The van der Waals surface area contributed by atoms with Crippen molar-refractivity contribution in [1.29, 1.82) is 0 Å². The van der Waals surface area contributed by atoms with Gasteiger partial charge in [0.05, 0.1) is 15.1 Å². The van der Waals surface area contributed by atoms with Crippen LogP contribution in [0.4, 0.5) is 5.82 Å². The summed E-state index contributed by atoms with van der Waals surface area (Å²) in [5.41, 5.74) is 0.589. The highest BCUT2D eigenvalue weighted by Gasteiger charge is 2.15. The third kappa shape index (κ3) is 3.66. The van der Waals surface area contributed by atoms with Crippen molar-refractivity contribution in [2.45, 2.75) is 0 Å². The van der Waals surface area contributed by atoms with Crippen LogP contribution < -0.4 is 5.32 Å². The molecule has 1 aromatic carbocycles. The molecule has 2 rings (SSSR count). The molecule has 0 fully saturated rings. The summed E-state index contributed by atoms with van der Waals surface area (Å²) in [7, 11) is 1.00. The number of aromatic amines is 1. The molecule has 3 N–H and O–H groups in total. The van der Waals surface area contributed by atoms with Crippen molar-refractivity contribution in [3.05, 3.63) is 45.0 Å². The van der Waals surface area contributed by atoms with Gasteiger partial charge < -0.3 is 10.4 Å². The Morgan fingerprint density at radius 2 is 2.10 bits per heavy atom. The Kier molecular flexibility index (Phi) is 6.37. The molecule has 1 aromatic heterocycles. The summed E-state index contributed by atoms with van der Waals surface area (Å²) in [6.45, 7) is 0. The third-order valence-electron chi connectivity index (χ3n) is 2.20. The summed E-state index contributed by atoms with van der Waals surface area (Å²) in [6, 6.07) is 6.65. The summed E-state index contributed by atoms with van der Waals surface area (Å²) < 4.78 is 0.401. The van der Waals surface area contributed by atoms with Crippen molar-refractivity contribution in [2.24, 2.45) is 0 Å². The number of hydrogen-bond donors (Lipinski definition) is 3. The summed E-state index contributed by atoms with van der Waals surface area (Å²) in [4.78, 5) is 22.5. The third-order valence-corrected chi connectivity index (χ3v) is 3.33. The zero-order chi connectivity index (χ0) is 15.1. The molecule has 2 aromatic rings. The maximum Gasteiger partial charge on any atom is 0.258 e. The van der Waals surface area contributed by atoms with E-state index in [0.29, 0.717) is 21.3 Å². The second kappa shape index (κ2) is 7.78. The van der Waals surface area contributed by atoms with Gasteiger partial charge in [-0.3, -0.25) is 14.7 Å². The number of hydrogen-bond acceptors (Lipinski definition) is 4. The molecule has 106 valence electrons. The van der Waals surface area contributed by atoms with Crippen molar-refractivity contribution in [1.82, 2.24) is 10.2 Å². The molecule has 0 aliphatic carbocycles. The van der Waals surface area contributed by atoms with E-state index in [9.17, 15) is 9.59 Å². The van der Waals surface area contributed by atoms with Crippen LogP contribution in [0.1, 0.15) is 20.8 Å². The average molecular weight is 361 g/mol. The number of carbonyl (C=O) groups excluding carboxylic acids is 2. The lowest BCUT2D eigenvalue weighted by Gasteiger charge is -2.04. The van der Waals surface area contributed by atoms with Crippen LogP contribution in [0, 0.1) is 0 Å². The number of nitrogens with one attached hydrogen (secondary N) is 2. The first kappa shape index (κ1) is 16.4. The molecule has 0 aliphatic heterocycles. The van der Waals surface area contributed by atoms with Crippen molar-refractivity contribution >= 4 is 45.5 Å². The largest absolute Gasteiger partial charge is 0.400 e. The number of nitrogens with zero attached hydrogens (tertiary/aromatic N) is 1. The first-order chi connectivity index (χ1) is 9.63. The number of aromatic nitrogens is 2. The first-order valence-electron chi connectivity index (χ1n) is 5.33. The number of aldehydes is 1. The molecule has 0 bridgehead atoms. The quantitative estimate of drug-likeness (QED) is 0.733. The fourth-order valence-corrected chi connectivity index (χ4v) is 1.91. The summed E-state index contributed by atoms with van der Waals surface area (Å²) in [6.07, 6.45) is 0.599. The molecule has 20 heavy (non-hydrogen) atoms. The van der Waals surface area contributed by atoms with Crippen LogP contribution >= 0.6 is 27.5 Å². The van der Waals surface area contributed by atoms with Gasteiger partial charge in [-0.05, 0) is 28.1 Å². The minimum Gasteiger partial charge on any atom is -0.400 e. The van der Waals surface area contributed by atoms with Gasteiger partial charge >= 0.3 is 0 Å². The molecule has 0 aliphatic rings. The number of amides is 1. The smallest absolute Gasteiger partial charge is 0.258 e. The molecule has 8 heteroatoms. The highest BCUT2D eigenvalue weighted by molar-refractivity contribution is 9.10. The van der Waals surface area contributed by atoms with Crippen LogP contribution in [-0.4, -0.2) is 34.6 Å². The Hall–Kier alpha value is -1.70. The zero-order valence-corrected chi connectivity index (χ0v) is 12.7. The molecule has 0 saturated carbocycles. The minimum atomic E-state index is -0.398. The van der Waals surface area contributed by atoms with Crippen LogP contribution in [0.3, 0.4) is 0 Å². The van der Waals surface area contributed by atoms with Gasteiger partial charge in [0.25, 0.3) is 5.91 Å². The lowest BCUT2D eigenvalue weighted by molar-refractivity contribution is 0.102. The Balaban J connectivity index is 0.000000956. The number of anilines is 1. The molecule has 0 saturated heterocycles. The summed E-state index contributed by atoms with van der Waals surface area (Å²) >= 11 is 9.06. The number of aliphatic hydroxyl groups excluding tert-OH is 1. The second-order valence-corrected chi connectivity index (χ2v) is 4.55. The highest BCUT2D eigenvalue weighted by Crippen LogP contribution is 2.24. The van der Waals surface area contributed by atoms with Gasteiger partial charge in [-0.2, -0.15) is 5.10 Å². The SMILES string of the molecule is CO.O=Cc1[nH]nc(NC(=O)c2ccccc2Cl)c1Br. The number of rotatable bonds is 3. The molecule has 0 unspecified atom stereocenters. The first-order valence-corrected chi connectivity index (χ1v) is 6.50. The maximum absolute atomic E-state index is 11.9. The van der Waals surface area contributed by atoms with E-state index in [1.165, 1.54) is 0 Å². The number of H-pyrrole nitrogens is 1. The number of aliphatic hydroxyl groups is 1. The predicted octanol–water partition coefficient (Wildman–Crippen LogP) is 2.50. The van der Waals surface area contributed by atoms with Crippen LogP contribution in [0.15, 0.2) is 28.7 Å². The van der Waals surface area contributed by atoms with E-state index >= 15 is 0 Å². The Labute approximate surface area is 128 Å². The lowest BCUT2D eigenvalue weighted by atomic mass is 10.2. The monoisotopic (exact) mass is 359 g/mol. The minimum absolute atomic E-state index is 0.238. The van der Waals surface area contributed by atoms with Crippen molar-refractivity contribution < 1.29 is 14.7 Å².